The first kappa shape index (κ1) is 12.9. The molecule has 1 atom stereocenters. The normalized spacial score (nSPS) is 19.6. The lowest BCUT2D eigenvalue weighted by Crippen LogP contribution is -2.38. The average Bonchev–Trinajstić information content (AvgIpc) is 2.83. The van der Waals surface area contributed by atoms with Crippen molar-refractivity contribution in [2.45, 2.75) is 31.6 Å². The highest BCUT2D eigenvalue weighted by Gasteiger charge is 2.47. The molecule has 18 heavy (non-hydrogen) atoms. The maximum Gasteiger partial charge on any atom is 0.310 e. The number of aliphatic carboxylic acids is 1. The zero-order chi connectivity index (χ0) is 13.2. The van der Waals surface area contributed by atoms with Crippen LogP contribution >= 0.6 is 0 Å². The number of phenols is 1. The summed E-state index contributed by atoms with van der Waals surface area (Å²) in [6.07, 6.45) is 3.26. The first-order chi connectivity index (χ1) is 8.60. The number of aromatic hydroxyl groups is 1. The lowest BCUT2D eigenvalue weighted by atomic mass is 9.70. The summed E-state index contributed by atoms with van der Waals surface area (Å²) in [5, 5.41) is 18.9. The zero-order valence-corrected chi connectivity index (χ0v) is 10.3. The first-order valence-corrected chi connectivity index (χ1v) is 6.32. The van der Waals surface area contributed by atoms with Gasteiger partial charge in [0.15, 0.2) is 0 Å². The highest BCUT2D eigenvalue weighted by molar-refractivity contribution is 5.76. The van der Waals surface area contributed by atoms with Gasteiger partial charge < -0.3 is 15.9 Å². The Bertz CT molecular complexity index is 421. The van der Waals surface area contributed by atoms with Crippen LogP contribution in [0.5, 0.6) is 5.75 Å². The second-order valence-corrected chi connectivity index (χ2v) is 5.05. The van der Waals surface area contributed by atoms with Gasteiger partial charge in [0.2, 0.25) is 0 Å². The molecule has 0 aromatic heterocycles. The number of carboxylic acid groups (broad SMARTS) is 1. The Balaban J connectivity index is 2.37. The molecule has 0 saturated heterocycles. The van der Waals surface area contributed by atoms with Crippen molar-refractivity contribution in [3.05, 3.63) is 29.8 Å². The summed E-state index contributed by atoms with van der Waals surface area (Å²) < 4.78 is 0. The number of carbonyl (C=O) groups is 1. The van der Waals surface area contributed by atoms with Crippen LogP contribution in [0.15, 0.2) is 24.3 Å². The maximum absolute atomic E-state index is 11.7. The molecule has 0 spiro atoms. The molecule has 4 nitrogen and oxygen atoms in total. The van der Waals surface area contributed by atoms with Crippen molar-refractivity contribution in [3.63, 3.8) is 0 Å². The van der Waals surface area contributed by atoms with Crippen LogP contribution in [0, 0.1) is 5.41 Å². The van der Waals surface area contributed by atoms with Gasteiger partial charge in [0.05, 0.1) is 5.41 Å². The topological polar surface area (TPSA) is 83.5 Å². The van der Waals surface area contributed by atoms with Crippen LogP contribution in [-0.2, 0) is 4.79 Å². The predicted molar refractivity (Wildman–Crippen MR) is 68.4 cm³/mol. The van der Waals surface area contributed by atoms with Crippen LogP contribution in [0.3, 0.4) is 0 Å². The maximum atomic E-state index is 11.7. The first-order valence-electron chi connectivity index (χ1n) is 6.32. The molecule has 2 rings (SSSR count). The quantitative estimate of drug-likeness (QED) is 0.762. The molecule has 1 aliphatic carbocycles. The van der Waals surface area contributed by atoms with E-state index < -0.39 is 11.4 Å². The smallest absolute Gasteiger partial charge is 0.310 e. The number of nitrogens with two attached hydrogens (primary N) is 1. The van der Waals surface area contributed by atoms with Crippen LogP contribution in [0.2, 0.25) is 0 Å². The molecule has 1 aromatic rings. The number of phenolic OH excluding ortho intramolecular Hbond substituents is 1. The summed E-state index contributed by atoms with van der Waals surface area (Å²) >= 11 is 0. The molecule has 1 fully saturated rings. The van der Waals surface area contributed by atoms with Crippen LogP contribution in [0.1, 0.15) is 37.2 Å². The van der Waals surface area contributed by atoms with Crippen LogP contribution in [0.25, 0.3) is 0 Å². The van der Waals surface area contributed by atoms with Gasteiger partial charge in [-0.2, -0.15) is 0 Å². The Morgan fingerprint density at radius 1 is 1.28 bits per heavy atom. The number of hydrogen-bond donors (Lipinski definition) is 3. The Hall–Kier alpha value is -1.55. The molecule has 1 aromatic carbocycles. The van der Waals surface area contributed by atoms with Gasteiger partial charge in [0.25, 0.3) is 0 Å². The van der Waals surface area contributed by atoms with E-state index in [1.54, 1.807) is 24.3 Å². The summed E-state index contributed by atoms with van der Waals surface area (Å²) in [4.78, 5) is 11.7. The average molecular weight is 249 g/mol. The lowest BCUT2D eigenvalue weighted by Gasteiger charge is -2.33. The van der Waals surface area contributed by atoms with Crippen molar-refractivity contribution in [3.8, 4) is 5.75 Å². The van der Waals surface area contributed by atoms with Gasteiger partial charge in [0, 0.05) is 12.5 Å². The number of rotatable bonds is 4. The molecule has 98 valence electrons. The van der Waals surface area contributed by atoms with Crippen LogP contribution in [-0.4, -0.2) is 22.7 Å². The fourth-order valence-electron chi connectivity index (χ4n) is 3.10. The molecular weight excluding hydrogens is 230 g/mol. The Morgan fingerprint density at radius 2 is 1.83 bits per heavy atom. The Labute approximate surface area is 106 Å². The second-order valence-electron chi connectivity index (χ2n) is 5.05. The van der Waals surface area contributed by atoms with Gasteiger partial charge in [0.1, 0.15) is 5.75 Å². The highest BCUT2D eigenvalue weighted by Crippen LogP contribution is 2.48. The van der Waals surface area contributed by atoms with Gasteiger partial charge in [-0.15, -0.1) is 0 Å². The Kier molecular flexibility index (Phi) is 3.57. The fourth-order valence-corrected chi connectivity index (χ4v) is 3.10. The summed E-state index contributed by atoms with van der Waals surface area (Å²) in [7, 11) is 0. The van der Waals surface area contributed by atoms with E-state index in [1.165, 1.54) is 0 Å². The Morgan fingerprint density at radius 3 is 2.28 bits per heavy atom. The highest BCUT2D eigenvalue weighted by atomic mass is 16.4. The van der Waals surface area contributed by atoms with E-state index in [2.05, 4.69) is 0 Å². The van der Waals surface area contributed by atoms with Crippen molar-refractivity contribution >= 4 is 5.97 Å². The van der Waals surface area contributed by atoms with Gasteiger partial charge >= 0.3 is 5.97 Å². The largest absolute Gasteiger partial charge is 0.508 e. The van der Waals surface area contributed by atoms with Crippen molar-refractivity contribution in [2.75, 3.05) is 6.54 Å². The summed E-state index contributed by atoms with van der Waals surface area (Å²) in [5.74, 6) is -0.744. The lowest BCUT2D eigenvalue weighted by molar-refractivity contribution is -0.150. The molecule has 0 radical (unpaired) electrons. The summed E-state index contributed by atoms with van der Waals surface area (Å²) in [5.41, 5.74) is 5.99. The molecule has 0 bridgehead atoms. The third-order valence-electron chi connectivity index (χ3n) is 4.12. The van der Waals surface area contributed by atoms with Gasteiger partial charge in [-0.25, -0.2) is 0 Å². The predicted octanol–water partition coefficient (Wildman–Crippen LogP) is 2.08. The van der Waals surface area contributed by atoms with E-state index in [0.29, 0.717) is 19.4 Å². The van der Waals surface area contributed by atoms with Gasteiger partial charge in [-0.05, 0) is 30.5 Å². The third-order valence-corrected chi connectivity index (χ3v) is 4.12. The number of benzene rings is 1. The van der Waals surface area contributed by atoms with E-state index >= 15 is 0 Å². The monoisotopic (exact) mass is 249 g/mol. The second kappa shape index (κ2) is 4.98. The van der Waals surface area contributed by atoms with E-state index in [0.717, 1.165) is 18.4 Å². The van der Waals surface area contributed by atoms with Crippen LogP contribution < -0.4 is 5.73 Å². The third kappa shape index (κ3) is 2.08. The van der Waals surface area contributed by atoms with E-state index in [1.807, 2.05) is 0 Å². The molecule has 0 heterocycles. The van der Waals surface area contributed by atoms with E-state index in [9.17, 15) is 15.0 Å². The zero-order valence-electron chi connectivity index (χ0n) is 10.3. The SMILES string of the molecule is NC[C@@H](c1ccc(O)cc1)C1(C(=O)O)CCCC1. The fraction of sp³-hybridized carbons (Fsp3) is 0.500. The minimum absolute atomic E-state index is 0.182. The van der Waals surface area contributed by atoms with E-state index in [-0.39, 0.29) is 11.7 Å². The van der Waals surface area contributed by atoms with Crippen molar-refractivity contribution in [1.29, 1.82) is 0 Å². The molecule has 1 aliphatic rings. The standard InChI is InChI=1S/C14H19NO3/c15-9-12(10-3-5-11(16)6-4-10)14(13(17)18)7-1-2-8-14/h3-6,12,16H,1-2,7-9,15H2,(H,17,18)/t12-/m0/s1. The van der Waals surface area contributed by atoms with Crippen molar-refractivity contribution < 1.29 is 15.0 Å². The molecule has 1 saturated carbocycles. The van der Waals surface area contributed by atoms with Crippen molar-refractivity contribution in [1.82, 2.24) is 0 Å². The molecule has 0 unspecified atom stereocenters. The summed E-state index contributed by atoms with van der Waals surface area (Å²) in [6, 6.07) is 6.72. The molecule has 0 amide bonds. The molecule has 4 heteroatoms. The molecular formula is C14H19NO3. The van der Waals surface area contributed by atoms with Gasteiger partial charge in [-0.1, -0.05) is 25.0 Å². The van der Waals surface area contributed by atoms with Crippen LogP contribution in [0.4, 0.5) is 0 Å². The summed E-state index contributed by atoms with van der Waals surface area (Å²) in [6.45, 7) is 0.317. The number of carboxylic acids is 1. The number of hydrogen-bond acceptors (Lipinski definition) is 3. The minimum Gasteiger partial charge on any atom is -0.508 e. The minimum atomic E-state index is -0.747. The molecule has 4 N–H and O–H groups in total. The van der Waals surface area contributed by atoms with Gasteiger partial charge in [-0.3, -0.25) is 4.79 Å². The van der Waals surface area contributed by atoms with E-state index in [4.69, 9.17) is 5.73 Å². The van der Waals surface area contributed by atoms with Crippen molar-refractivity contribution in [2.24, 2.45) is 11.1 Å². The molecule has 0 aliphatic heterocycles.